The van der Waals surface area contributed by atoms with Crippen molar-refractivity contribution in [2.75, 3.05) is 0 Å². The number of hydrogen-bond donors (Lipinski definition) is 1. The van der Waals surface area contributed by atoms with Crippen molar-refractivity contribution in [3.8, 4) is 0 Å². The Hall–Kier alpha value is 0.0500. The topological polar surface area (TPSA) is 38.4 Å². The average molecular weight is 113 g/mol. The molecule has 0 aliphatic carbocycles. The normalized spacial score (nSPS) is 6.80. The first-order chi connectivity index (χ1) is 2.27. The van der Waals surface area contributed by atoms with Crippen LogP contribution in [0.4, 0.5) is 0 Å². The molecule has 0 rings (SSSR count). The molecule has 30 valence electrons. The largest absolute Gasteiger partial charge is 0.321 e. The number of halogens is 2. The fourth-order valence-corrected chi connectivity index (χ4v) is 0. The quantitative estimate of drug-likeness (QED) is 0.280. The van der Waals surface area contributed by atoms with E-state index in [1.54, 1.807) is 0 Å². The van der Waals surface area contributed by atoms with Gasteiger partial charge in [0.1, 0.15) is 0 Å². The molecule has 0 spiro atoms. The second kappa shape index (κ2) is 2.30. The van der Waals surface area contributed by atoms with Crippen LogP contribution in [0.5, 0.6) is 0 Å². The van der Waals surface area contributed by atoms with E-state index in [4.69, 9.17) is 23.2 Å². The maximum atomic E-state index is 4.85. The third-order valence-electron chi connectivity index (χ3n) is 0.0976. The number of rotatable bonds is 0. The molecule has 0 aromatic carbocycles. The molecule has 0 unspecified atom stereocenters. The number of nitrogens with zero attached hydrogens (tertiary/aromatic N) is 1. The van der Waals surface area contributed by atoms with E-state index >= 15 is 0 Å². The fourth-order valence-electron chi connectivity index (χ4n) is 0. The zero-order valence-corrected chi connectivity index (χ0v) is 3.79. The zero-order valence-electron chi connectivity index (χ0n) is 2.28. The van der Waals surface area contributed by atoms with Crippen molar-refractivity contribution >= 4 is 27.8 Å². The first-order valence-corrected chi connectivity index (χ1v) is 1.62. The van der Waals surface area contributed by atoms with Gasteiger partial charge in [0.15, 0.2) is 0 Å². The van der Waals surface area contributed by atoms with E-state index in [0.717, 1.165) is 0 Å². The Bertz CT molecular complexity index is 45.6. The molecule has 0 atom stereocenters. The Morgan fingerprint density at radius 2 is 1.80 bits per heavy atom. The van der Waals surface area contributed by atoms with Crippen molar-refractivity contribution in [1.82, 2.24) is 0 Å². The van der Waals surface area contributed by atoms with Crippen LogP contribution >= 0.6 is 23.2 Å². The molecule has 0 saturated carbocycles. The smallest absolute Gasteiger partial charge is 0.215 e. The first-order valence-electron chi connectivity index (χ1n) is 0.860. The summed E-state index contributed by atoms with van der Waals surface area (Å²) in [6.45, 7) is 0. The van der Waals surface area contributed by atoms with E-state index in [1.807, 2.05) is 0 Å². The predicted octanol–water partition coefficient (Wildman–Crippen LogP) is 0.694. The maximum Gasteiger partial charge on any atom is 0.215 e. The molecular formula is CH2Cl2N2. The molecule has 5 heavy (non-hydrogen) atoms. The highest BCUT2D eigenvalue weighted by atomic mass is 35.5. The van der Waals surface area contributed by atoms with Crippen molar-refractivity contribution in [2.45, 2.75) is 0 Å². The molecule has 0 bridgehead atoms. The summed E-state index contributed by atoms with van der Waals surface area (Å²) in [4.78, 5) is 0. The van der Waals surface area contributed by atoms with Gasteiger partial charge >= 0.3 is 0 Å². The fraction of sp³-hybridized carbons (Fsp3) is 0. The lowest BCUT2D eigenvalue weighted by atomic mass is 11.7. The molecule has 0 aliphatic heterocycles. The van der Waals surface area contributed by atoms with Crippen molar-refractivity contribution < 1.29 is 0 Å². The highest BCUT2D eigenvalue weighted by molar-refractivity contribution is 6.95. The van der Waals surface area contributed by atoms with Crippen LogP contribution in [0.2, 0.25) is 0 Å². The molecule has 2 N–H and O–H groups in total. The van der Waals surface area contributed by atoms with E-state index in [9.17, 15) is 0 Å². The van der Waals surface area contributed by atoms with Crippen LogP contribution in [0.3, 0.4) is 0 Å². The van der Waals surface area contributed by atoms with Gasteiger partial charge in [-0.1, -0.05) is 0 Å². The van der Waals surface area contributed by atoms with Gasteiger partial charge in [-0.25, -0.2) is 0 Å². The van der Waals surface area contributed by atoms with E-state index in [-0.39, 0.29) is 4.63 Å². The van der Waals surface area contributed by atoms with Crippen LogP contribution in [-0.2, 0) is 0 Å². The summed E-state index contributed by atoms with van der Waals surface area (Å²) >= 11 is 9.71. The SMILES string of the molecule is NN=C(Cl)Cl. The summed E-state index contributed by atoms with van der Waals surface area (Å²) in [5, 5.41) is 2.84. The van der Waals surface area contributed by atoms with Gasteiger partial charge in [-0.3, -0.25) is 0 Å². The summed E-state index contributed by atoms with van der Waals surface area (Å²) in [7, 11) is 0. The summed E-state index contributed by atoms with van der Waals surface area (Å²) in [6, 6.07) is 0. The van der Waals surface area contributed by atoms with Gasteiger partial charge < -0.3 is 5.84 Å². The Labute approximate surface area is 39.6 Å². The summed E-state index contributed by atoms with van der Waals surface area (Å²) < 4.78 is -0.148. The maximum absolute atomic E-state index is 4.85. The van der Waals surface area contributed by atoms with Crippen molar-refractivity contribution in [3.63, 3.8) is 0 Å². The molecule has 4 heteroatoms. The van der Waals surface area contributed by atoms with E-state index < -0.39 is 0 Å². The Morgan fingerprint density at radius 3 is 1.80 bits per heavy atom. The summed E-state index contributed by atoms with van der Waals surface area (Å²) in [6.07, 6.45) is 0. The van der Waals surface area contributed by atoms with Crippen LogP contribution in [0.25, 0.3) is 0 Å². The van der Waals surface area contributed by atoms with Gasteiger partial charge in [0.05, 0.1) is 0 Å². The van der Waals surface area contributed by atoms with Crippen molar-refractivity contribution in [2.24, 2.45) is 10.9 Å². The number of hydrogen-bond acceptors (Lipinski definition) is 2. The monoisotopic (exact) mass is 112 g/mol. The average Bonchev–Trinajstić information content (AvgIpc) is 1.38. The van der Waals surface area contributed by atoms with Crippen LogP contribution in [0.1, 0.15) is 0 Å². The van der Waals surface area contributed by atoms with E-state index in [1.165, 1.54) is 0 Å². The molecule has 0 heterocycles. The molecule has 0 aromatic heterocycles. The third kappa shape index (κ3) is 4.05. The Balaban J connectivity index is 3.14. The number of hydrazone groups is 1. The lowest BCUT2D eigenvalue weighted by molar-refractivity contribution is 1.27. The molecule has 2 nitrogen and oxygen atoms in total. The molecule has 0 radical (unpaired) electrons. The Morgan fingerprint density at radius 1 is 1.60 bits per heavy atom. The minimum Gasteiger partial charge on any atom is -0.321 e. The number of nitrogens with two attached hydrogens (primary N) is 1. The van der Waals surface area contributed by atoms with E-state index in [2.05, 4.69) is 10.9 Å². The highest BCUT2D eigenvalue weighted by Gasteiger charge is 1.71. The standard InChI is InChI=1S/CH2Cl2N2/c2-1(3)5-4/h4H2. The minimum absolute atomic E-state index is 0.148. The molecule has 0 fully saturated rings. The second-order valence-corrected chi connectivity index (χ2v) is 1.28. The molecular weight excluding hydrogens is 111 g/mol. The minimum atomic E-state index is -0.148. The lowest BCUT2D eigenvalue weighted by Crippen LogP contribution is -1.80. The van der Waals surface area contributed by atoms with Crippen molar-refractivity contribution in [1.29, 1.82) is 0 Å². The lowest BCUT2D eigenvalue weighted by Gasteiger charge is -1.67. The zero-order chi connectivity index (χ0) is 4.28. The van der Waals surface area contributed by atoms with Gasteiger partial charge in [0.2, 0.25) is 4.63 Å². The third-order valence-corrected chi connectivity index (χ3v) is 0.293. The predicted molar refractivity (Wildman–Crippen MR) is 23.3 cm³/mol. The molecule has 0 aromatic rings. The van der Waals surface area contributed by atoms with E-state index in [0.29, 0.717) is 0 Å². The summed E-state index contributed by atoms with van der Waals surface area (Å²) in [5.41, 5.74) is 0. The second-order valence-electron chi connectivity index (χ2n) is 0.370. The van der Waals surface area contributed by atoms with Gasteiger partial charge in [-0.15, -0.1) is 0 Å². The Kier molecular flexibility index (Phi) is 2.32. The van der Waals surface area contributed by atoms with Crippen LogP contribution in [0.15, 0.2) is 5.10 Å². The van der Waals surface area contributed by atoms with Crippen molar-refractivity contribution in [3.05, 3.63) is 0 Å². The highest BCUT2D eigenvalue weighted by Crippen LogP contribution is 1.84. The first kappa shape index (κ1) is 5.05. The molecule has 0 amide bonds. The van der Waals surface area contributed by atoms with Crippen LogP contribution in [-0.4, -0.2) is 4.63 Å². The molecule has 0 saturated heterocycles. The van der Waals surface area contributed by atoms with Crippen LogP contribution < -0.4 is 5.84 Å². The summed E-state index contributed by atoms with van der Waals surface area (Å²) in [5.74, 6) is 4.50. The van der Waals surface area contributed by atoms with Crippen LogP contribution in [0, 0.1) is 0 Å². The van der Waals surface area contributed by atoms with Gasteiger partial charge in [-0.2, -0.15) is 5.10 Å². The van der Waals surface area contributed by atoms with Gasteiger partial charge in [0, 0.05) is 0 Å². The molecule has 0 aliphatic rings. The van der Waals surface area contributed by atoms with Gasteiger partial charge in [0.25, 0.3) is 0 Å². The van der Waals surface area contributed by atoms with Gasteiger partial charge in [-0.05, 0) is 23.2 Å².